The standard InChI is InChI=1S/C9H8N2O2/c10-8(12)6-3-5-13-9-7(6)2-1-4-11-9/h1-4H,5H2,(H2,10,12). The Labute approximate surface area is 75.0 Å². The summed E-state index contributed by atoms with van der Waals surface area (Å²) in [6, 6.07) is 3.50. The van der Waals surface area contributed by atoms with Crippen molar-refractivity contribution in [1.82, 2.24) is 4.98 Å². The van der Waals surface area contributed by atoms with Crippen LogP contribution in [0.5, 0.6) is 5.88 Å². The van der Waals surface area contributed by atoms with Gasteiger partial charge in [-0.25, -0.2) is 4.98 Å². The Balaban J connectivity index is 2.53. The summed E-state index contributed by atoms with van der Waals surface area (Å²) in [6.07, 6.45) is 3.27. The van der Waals surface area contributed by atoms with E-state index >= 15 is 0 Å². The van der Waals surface area contributed by atoms with Gasteiger partial charge in [-0.1, -0.05) is 0 Å². The number of hydrogen-bond acceptors (Lipinski definition) is 3. The first-order chi connectivity index (χ1) is 6.29. The van der Waals surface area contributed by atoms with E-state index in [-0.39, 0.29) is 0 Å². The van der Waals surface area contributed by atoms with Crippen LogP contribution in [0.1, 0.15) is 5.56 Å². The van der Waals surface area contributed by atoms with Gasteiger partial charge in [-0.3, -0.25) is 4.79 Å². The molecule has 1 aliphatic heterocycles. The lowest BCUT2D eigenvalue weighted by atomic mass is 10.1. The van der Waals surface area contributed by atoms with E-state index in [1.807, 2.05) is 0 Å². The van der Waals surface area contributed by atoms with E-state index in [9.17, 15) is 4.79 Å². The highest BCUT2D eigenvalue weighted by molar-refractivity contribution is 6.19. The molecule has 0 saturated heterocycles. The fourth-order valence-corrected chi connectivity index (χ4v) is 1.26. The highest BCUT2D eigenvalue weighted by Crippen LogP contribution is 2.26. The van der Waals surface area contributed by atoms with Crippen LogP contribution >= 0.6 is 0 Å². The third-order valence-electron chi connectivity index (χ3n) is 1.83. The van der Waals surface area contributed by atoms with Crippen LogP contribution in [0.15, 0.2) is 24.4 Å². The molecule has 0 bridgehead atoms. The van der Waals surface area contributed by atoms with Gasteiger partial charge in [-0.2, -0.15) is 0 Å². The van der Waals surface area contributed by atoms with Crippen LogP contribution in [0.2, 0.25) is 0 Å². The molecule has 0 aliphatic carbocycles. The van der Waals surface area contributed by atoms with Crippen LogP contribution in [-0.2, 0) is 4.79 Å². The zero-order chi connectivity index (χ0) is 9.26. The number of pyridine rings is 1. The van der Waals surface area contributed by atoms with Crippen LogP contribution < -0.4 is 10.5 Å². The zero-order valence-corrected chi connectivity index (χ0v) is 6.86. The number of ether oxygens (including phenoxy) is 1. The maximum Gasteiger partial charge on any atom is 0.249 e. The molecule has 0 spiro atoms. The molecule has 0 fully saturated rings. The second kappa shape index (κ2) is 2.90. The number of rotatable bonds is 1. The van der Waals surface area contributed by atoms with Crippen LogP contribution in [0.3, 0.4) is 0 Å². The van der Waals surface area contributed by atoms with Crippen molar-refractivity contribution in [3.05, 3.63) is 30.0 Å². The topological polar surface area (TPSA) is 65.2 Å². The fraction of sp³-hybridized carbons (Fsp3) is 0.111. The molecule has 0 saturated carbocycles. The summed E-state index contributed by atoms with van der Waals surface area (Å²) < 4.78 is 5.21. The van der Waals surface area contributed by atoms with Crippen molar-refractivity contribution in [2.24, 2.45) is 5.73 Å². The number of nitrogens with zero attached hydrogens (tertiary/aromatic N) is 1. The van der Waals surface area contributed by atoms with Gasteiger partial charge < -0.3 is 10.5 Å². The summed E-state index contributed by atoms with van der Waals surface area (Å²) in [6.45, 7) is 0.349. The monoisotopic (exact) mass is 176 g/mol. The fourth-order valence-electron chi connectivity index (χ4n) is 1.26. The normalized spacial score (nSPS) is 14.0. The van der Waals surface area contributed by atoms with Gasteiger partial charge in [0.1, 0.15) is 6.61 Å². The van der Waals surface area contributed by atoms with E-state index < -0.39 is 5.91 Å². The Morgan fingerprint density at radius 3 is 3.23 bits per heavy atom. The van der Waals surface area contributed by atoms with Crippen LogP contribution in [0, 0.1) is 0 Å². The molecule has 1 aromatic rings. The maximum absolute atomic E-state index is 11.0. The predicted molar refractivity (Wildman–Crippen MR) is 46.9 cm³/mol. The molecular weight excluding hydrogens is 168 g/mol. The third kappa shape index (κ3) is 1.26. The van der Waals surface area contributed by atoms with Crippen LogP contribution in [0.25, 0.3) is 5.57 Å². The van der Waals surface area contributed by atoms with Crippen molar-refractivity contribution in [2.75, 3.05) is 6.61 Å². The van der Waals surface area contributed by atoms with Gasteiger partial charge in [0.15, 0.2) is 0 Å². The van der Waals surface area contributed by atoms with Gasteiger partial charge in [-0.05, 0) is 18.2 Å². The molecule has 4 heteroatoms. The molecule has 1 aromatic heterocycles. The summed E-state index contributed by atoms with van der Waals surface area (Å²) in [5.41, 5.74) is 6.34. The number of primary amides is 1. The Morgan fingerprint density at radius 1 is 1.62 bits per heavy atom. The van der Waals surface area contributed by atoms with E-state index in [1.54, 1.807) is 24.4 Å². The minimum absolute atomic E-state index is 0.349. The van der Waals surface area contributed by atoms with E-state index in [2.05, 4.69) is 4.98 Å². The molecule has 0 radical (unpaired) electrons. The van der Waals surface area contributed by atoms with E-state index in [0.29, 0.717) is 23.6 Å². The first-order valence-electron chi connectivity index (χ1n) is 3.87. The largest absolute Gasteiger partial charge is 0.473 e. The SMILES string of the molecule is NC(=O)C1=CCOc2ncccc21. The molecule has 13 heavy (non-hydrogen) atoms. The second-order valence-electron chi connectivity index (χ2n) is 2.65. The summed E-state index contributed by atoms with van der Waals surface area (Å²) in [5.74, 6) is 0.0244. The highest BCUT2D eigenvalue weighted by Gasteiger charge is 2.17. The molecule has 0 atom stereocenters. The van der Waals surface area contributed by atoms with E-state index in [4.69, 9.17) is 10.5 Å². The predicted octanol–water partition coefficient (Wildman–Crippen LogP) is 0.343. The molecular formula is C9H8N2O2. The zero-order valence-electron chi connectivity index (χ0n) is 6.86. The Morgan fingerprint density at radius 2 is 2.46 bits per heavy atom. The van der Waals surface area contributed by atoms with Gasteiger partial charge in [0, 0.05) is 11.8 Å². The van der Waals surface area contributed by atoms with Gasteiger partial charge in [0.2, 0.25) is 11.8 Å². The molecule has 66 valence electrons. The van der Waals surface area contributed by atoms with Crippen molar-refractivity contribution >= 4 is 11.5 Å². The van der Waals surface area contributed by atoms with Gasteiger partial charge in [-0.15, -0.1) is 0 Å². The Bertz CT molecular complexity index is 385. The van der Waals surface area contributed by atoms with Crippen LogP contribution in [0.4, 0.5) is 0 Å². The minimum Gasteiger partial charge on any atom is -0.473 e. The molecule has 4 nitrogen and oxygen atoms in total. The van der Waals surface area contributed by atoms with Gasteiger partial charge in [0.25, 0.3) is 0 Å². The maximum atomic E-state index is 11.0. The molecule has 1 amide bonds. The van der Waals surface area contributed by atoms with Gasteiger partial charge >= 0.3 is 0 Å². The number of hydrogen-bond donors (Lipinski definition) is 1. The van der Waals surface area contributed by atoms with Crippen LogP contribution in [-0.4, -0.2) is 17.5 Å². The van der Waals surface area contributed by atoms with E-state index in [0.717, 1.165) is 0 Å². The van der Waals surface area contributed by atoms with Gasteiger partial charge in [0.05, 0.1) is 5.57 Å². The van der Waals surface area contributed by atoms with Crippen molar-refractivity contribution < 1.29 is 9.53 Å². The Kier molecular flexibility index (Phi) is 1.73. The summed E-state index contributed by atoms with van der Waals surface area (Å²) in [7, 11) is 0. The molecule has 2 N–H and O–H groups in total. The van der Waals surface area contributed by atoms with Crippen molar-refractivity contribution in [3.63, 3.8) is 0 Å². The second-order valence-corrected chi connectivity index (χ2v) is 2.65. The van der Waals surface area contributed by atoms with E-state index in [1.165, 1.54) is 0 Å². The number of nitrogens with two attached hydrogens (primary N) is 1. The Hall–Kier alpha value is -1.84. The highest BCUT2D eigenvalue weighted by atomic mass is 16.5. The first-order valence-corrected chi connectivity index (χ1v) is 3.87. The molecule has 2 rings (SSSR count). The van der Waals surface area contributed by atoms with Crippen molar-refractivity contribution in [1.29, 1.82) is 0 Å². The number of aromatic nitrogens is 1. The number of carbonyl (C=O) groups excluding carboxylic acids is 1. The summed E-state index contributed by atoms with van der Waals surface area (Å²) >= 11 is 0. The summed E-state index contributed by atoms with van der Waals surface area (Å²) in [4.78, 5) is 15.0. The lowest BCUT2D eigenvalue weighted by Crippen LogP contribution is -2.18. The average Bonchev–Trinajstić information content (AvgIpc) is 2.17. The van der Waals surface area contributed by atoms with Crippen molar-refractivity contribution in [2.45, 2.75) is 0 Å². The van der Waals surface area contributed by atoms with Crippen molar-refractivity contribution in [3.8, 4) is 5.88 Å². The number of carbonyl (C=O) groups is 1. The first kappa shape index (κ1) is 7.79. The lowest BCUT2D eigenvalue weighted by molar-refractivity contribution is -0.112. The minimum atomic E-state index is -0.447. The summed E-state index contributed by atoms with van der Waals surface area (Å²) in [5, 5.41) is 0. The molecule has 2 heterocycles. The molecule has 0 unspecified atom stereocenters. The molecule has 1 aliphatic rings. The smallest absolute Gasteiger partial charge is 0.249 e. The number of amides is 1. The lowest BCUT2D eigenvalue weighted by Gasteiger charge is -2.14. The average molecular weight is 176 g/mol. The third-order valence-corrected chi connectivity index (χ3v) is 1.83. The number of fused-ring (bicyclic) bond motifs is 1. The molecule has 0 aromatic carbocycles. The quantitative estimate of drug-likeness (QED) is 0.671.